The SMILES string of the molecule is CC(C)c1nc(N(C)CC2CCCCN2)cc(=O)[nH]1. The Morgan fingerprint density at radius 3 is 2.89 bits per heavy atom. The molecule has 1 aromatic heterocycles. The number of hydrogen-bond acceptors (Lipinski definition) is 4. The summed E-state index contributed by atoms with van der Waals surface area (Å²) in [5.41, 5.74) is -0.0721. The number of aromatic amines is 1. The summed E-state index contributed by atoms with van der Waals surface area (Å²) >= 11 is 0. The van der Waals surface area contributed by atoms with E-state index in [1.165, 1.54) is 19.3 Å². The molecule has 0 spiro atoms. The van der Waals surface area contributed by atoms with E-state index in [2.05, 4.69) is 20.2 Å². The van der Waals surface area contributed by atoms with Gasteiger partial charge in [0.25, 0.3) is 5.56 Å². The van der Waals surface area contributed by atoms with E-state index in [1.54, 1.807) is 6.07 Å². The number of hydrogen-bond donors (Lipinski definition) is 2. The first-order valence-corrected chi connectivity index (χ1v) is 7.12. The Balaban J connectivity index is 2.09. The lowest BCUT2D eigenvalue weighted by atomic mass is 10.0. The molecule has 2 N–H and O–H groups in total. The first-order valence-electron chi connectivity index (χ1n) is 7.12. The minimum atomic E-state index is -0.0721. The van der Waals surface area contributed by atoms with Gasteiger partial charge in [-0.1, -0.05) is 20.3 Å². The highest BCUT2D eigenvalue weighted by atomic mass is 16.1. The molecule has 1 aliphatic heterocycles. The zero-order valence-corrected chi connectivity index (χ0v) is 12.1. The van der Waals surface area contributed by atoms with E-state index in [-0.39, 0.29) is 11.5 Å². The number of nitrogens with zero attached hydrogens (tertiary/aromatic N) is 2. The van der Waals surface area contributed by atoms with E-state index in [0.29, 0.717) is 6.04 Å². The summed E-state index contributed by atoms with van der Waals surface area (Å²) in [6.07, 6.45) is 3.75. The van der Waals surface area contributed by atoms with Crippen LogP contribution in [0.3, 0.4) is 0 Å². The van der Waals surface area contributed by atoms with Crippen molar-refractivity contribution in [1.29, 1.82) is 0 Å². The molecule has 2 heterocycles. The van der Waals surface area contributed by atoms with E-state index in [4.69, 9.17) is 0 Å². The van der Waals surface area contributed by atoms with Crippen LogP contribution < -0.4 is 15.8 Å². The largest absolute Gasteiger partial charge is 0.358 e. The highest BCUT2D eigenvalue weighted by Crippen LogP contribution is 2.14. The molecular formula is C14H24N4O. The second-order valence-corrected chi connectivity index (χ2v) is 5.67. The summed E-state index contributed by atoms with van der Waals surface area (Å²) in [7, 11) is 2.00. The predicted octanol–water partition coefficient (Wildman–Crippen LogP) is 1.47. The Bertz CT molecular complexity index is 463. The van der Waals surface area contributed by atoms with Crippen molar-refractivity contribution < 1.29 is 0 Å². The topological polar surface area (TPSA) is 61.0 Å². The fourth-order valence-electron chi connectivity index (χ4n) is 2.44. The Morgan fingerprint density at radius 1 is 1.47 bits per heavy atom. The lowest BCUT2D eigenvalue weighted by molar-refractivity contribution is 0.402. The highest BCUT2D eigenvalue weighted by molar-refractivity contribution is 5.36. The van der Waals surface area contributed by atoms with Crippen LogP contribution in [0.4, 0.5) is 5.82 Å². The van der Waals surface area contributed by atoms with Crippen LogP contribution in [0, 0.1) is 0 Å². The Hall–Kier alpha value is -1.36. The minimum absolute atomic E-state index is 0.0721. The molecule has 1 fully saturated rings. The number of H-pyrrole nitrogens is 1. The lowest BCUT2D eigenvalue weighted by Crippen LogP contribution is -2.43. The fourth-order valence-corrected chi connectivity index (χ4v) is 2.44. The van der Waals surface area contributed by atoms with Gasteiger partial charge in [0, 0.05) is 31.6 Å². The molecule has 1 aromatic rings. The molecular weight excluding hydrogens is 240 g/mol. The number of anilines is 1. The van der Waals surface area contributed by atoms with E-state index < -0.39 is 0 Å². The van der Waals surface area contributed by atoms with Crippen LogP contribution in [0.2, 0.25) is 0 Å². The van der Waals surface area contributed by atoms with Gasteiger partial charge in [-0.05, 0) is 19.4 Å². The first-order chi connectivity index (χ1) is 9.06. The van der Waals surface area contributed by atoms with Crippen molar-refractivity contribution >= 4 is 5.82 Å². The van der Waals surface area contributed by atoms with Crippen molar-refractivity contribution in [2.24, 2.45) is 0 Å². The van der Waals surface area contributed by atoms with Crippen molar-refractivity contribution in [3.8, 4) is 0 Å². The van der Waals surface area contributed by atoms with Crippen LogP contribution in [0.15, 0.2) is 10.9 Å². The third-order valence-electron chi connectivity index (χ3n) is 3.59. The number of rotatable bonds is 4. The van der Waals surface area contributed by atoms with Gasteiger partial charge < -0.3 is 15.2 Å². The fraction of sp³-hybridized carbons (Fsp3) is 0.714. The lowest BCUT2D eigenvalue weighted by Gasteiger charge is -2.28. The third-order valence-corrected chi connectivity index (χ3v) is 3.59. The maximum absolute atomic E-state index is 11.7. The molecule has 0 bridgehead atoms. The average Bonchev–Trinajstić information content (AvgIpc) is 2.39. The van der Waals surface area contributed by atoms with Gasteiger partial charge in [-0.3, -0.25) is 4.79 Å². The number of aromatic nitrogens is 2. The van der Waals surface area contributed by atoms with E-state index in [9.17, 15) is 4.79 Å². The number of nitrogens with one attached hydrogen (secondary N) is 2. The number of likely N-dealkylation sites (N-methyl/N-ethyl adjacent to an activating group) is 1. The molecule has 0 amide bonds. The normalized spacial score (nSPS) is 19.7. The molecule has 0 radical (unpaired) electrons. The van der Waals surface area contributed by atoms with Gasteiger partial charge in [-0.2, -0.15) is 0 Å². The Kier molecular flexibility index (Phi) is 4.58. The maximum Gasteiger partial charge on any atom is 0.252 e. The Morgan fingerprint density at radius 2 is 2.26 bits per heavy atom. The maximum atomic E-state index is 11.7. The van der Waals surface area contributed by atoms with Crippen LogP contribution in [-0.2, 0) is 0 Å². The molecule has 0 aromatic carbocycles. The van der Waals surface area contributed by atoms with Gasteiger partial charge in [-0.25, -0.2) is 4.98 Å². The van der Waals surface area contributed by atoms with Crippen molar-refractivity contribution in [1.82, 2.24) is 15.3 Å². The molecule has 106 valence electrons. The predicted molar refractivity (Wildman–Crippen MR) is 77.9 cm³/mol. The van der Waals surface area contributed by atoms with Gasteiger partial charge >= 0.3 is 0 Å². The minimum Gasteiger partial charge on any atom is -0.358 e. The second kappa shape index (κ2) is 6.19. The van der Waals surface area contributed by atoms with Crippen LogP contribution >= 0.6 is 0 Å². The van der Waals surface area contributed by atoms with Crippen LogP contribution in [0.25, 0.3) is 0 Å². The summed E-state index contributed by atoms with van der Waals surface area (Å²) in [5, 5.41) is 3.52. The van der Waals surface area contributed by atoms with Crippen molar-refractivity contribution in [3.05, 3.63) is 22.2 Å². The van der Waals surface area contributed by atoms with Crippen molar-refractivity contribution in [2.75, 3.05) is 25.0 Å². The van der Waals surface area contributed by atoms with E-state index in [1.807, 2.05) is 20.9 Å². The molecule has 1 saturated heterocycles. The van der Waals surface area contributed by atoms with Gasteiger partial charge in [0.1, 0.15) is 11.6 Å². The van der Waals surface area contributed by atoms with Crippen LogP contribution in [0.1, 0.15) is 44.9 Å². The zero-order chi connectivity index (χ0) is 13.8. The average molecular weight is 264 g/mol. The molecule has 0 saturated carbocycles. The van der Waals surface area contributed by atoms with Gasteiger partial charge in [0.05, 0.1) is 0 Å². The van der Waals surface area contributed by atoms with Crippen LogP contribution in [-0.4, -0.2) is 36.1 Å². The third kappa shape index (κ3) is 3.80. The molecule has 1 aliphatic rings. The molecule has 2 rings (SSSR count). The van der Waals surface area contributed by atoms with Gasteiger partial charge in [-0.15, -0.1) is 0 Å². The summed E-state index contributed by atoms with van der Waals surface area (Å²) in [5.74, 6) is 1.75. The second-order valence-electron chi connectivity index (χ2n) is 5.67. The summed E-state index contributed by atoms with van der Waals surface area (Å²) < 4.78 is 0. The standard InChI is InChI=1S/C14H24N4O/c1-10(2)14-16-12(8-13(19)17-14)18(3)9-11-6-4-5-7-15-11/h8,10-11,15H,4-7,9H2,1-3H3,(H,16,17,19). The Labute approximate surface area is 114 Å². The summed E-state index contributed by atoms with van der Waals surface area (Å²) in [6.45, 7) is 6.06. The highest BCUT2D eigenvalue weighted by Gasteiger charge is 2.16. The zero-order valence-electron chi connectivity index (χ0n) is 12.1. The molecule has 19 heavy (non-hydrogen) atoms. The van der Waals surface area contributed by atoms with Crippen LogP contribution in [0.5, 0.6) is 0 Å². The summed E-state index contributed by atoms with van der Waals surface area (Å²) in [6, 6.07) is 2.08. The summed E-state index contributed by atoms with van der Waals surface area (Å²) in [4.78, 5) is 21.1. The van der Waals surface area contributed by atoms with E-state index >= 15 is 0 Å². The van der Waals surface area contributed by atoms with Crippen molar-refractivity contribution in [3.63, 3.8) is 0 Å². The quantitative estimate of drug-likeness (QED) is 0.864. The smallest absolute Gasteiger partial charge is 0.252 e. The molecule has 1 unspecified atom stereocenters. The number of piperidine rings is 1. The van der Waals surface area contributed by atoms with Gasteiger partial charge in [0.2, 0.25) is 0 Å². The first kappa shape index (κ1) is 14.1. The molecule has 0 aliphatic carbocycles. The monoisotopic (exact) mass is 264 g/mol. The van der Waals surface area contributed by atoms with Crippen molar-refractivity contribution in [2.45, 2.75) is 45.1 Å². The van der Waals surface area contributed by atoms with E-state index in [0.717, 1.165) is 24.7 Å². The molecule has 1 atom stereocenters. The van der Waals surface area contributed by atoms with Gasteiger partial charge in [0.15, 0.2) is 0 Å². The molecule has 5 nitrogen and oxygen atoms in total. The molecule has 5 heteroatoms.